The third kappa shape index (κ3) is 2.03. The molecule has 1 heterocycles. The van der Waals surface area contributed by atoms with Crippen molar-refractivity contribution in [3.8, 4) is 0 Å². The molecule has 1 saturated carbocycles. The highest BCUT2D eigenvalue weighted by molar-refractivity contribution is 5.81. The second-order valence-electron chi connectivity index (χ2n) is 4.96. The molecule has 0 saturated heterocycles. The van der Waals surface area contributed by atoms with Gasteiger partial charge in [-0.25, -0.2) is 4.98 Å². The van der Waals surface area contributed by atoms with Gasteiger partial charge in [-0.2, -0.15) is 0 Å². The monoisotopic (exact) mass is 244 g/mol. The van der Waals surface area contributed by atoms with E-state index in [2.05, 4.69) is 22.2 Å². The van der Waals surface area contributed by atoms with Crippen molar-refractivity contribution >= 4 is 22.5 Å². The Morgan fingerprint density at radius 1 is 1.50 bits per heavy atom. The number of rotatable bonds is 3. The highest BCUT2D eigenvalue weighted by Crippen LogP contribution is 2.33. The highest BCUT2D eigenvalue weighted by Gasteiger charge is 2.28. The summed E-state index contributed by atoms with van der Waals surface area (Å²) in [5.74, 6) is 1.24. The number of nitrogens with two attached hydrogens (primary N) is 1. The van der Waals surface area contributed by atoms with E-state index in [1.165, 1.54) is 12.8 Å². The first-order valence-corrected chi connectivity index (χ1v) is 6.19. The Bertz CT molecular complexity index is 645. The van der Waals surface area contributed by atoms with Crippen molar-refractivity contribution in [2.45, 2.75) is 25.8 Å². The van der Waals surface area contributed by atoms with Gasteiger partial charge in [0.15, 0.2) is 0 Å². The number of nitrogen functional groups attached to an aromatic ring is 1. The molecule has 3 rings (SSSR count). The van der Waals surface area contributed by atoms with Crippen LogP contribution in [0.1, 0.15) is 19.8 Å². The Morgan fingerprint density at radius 3 is 3.00 bits per heavy atom. The van der Waals surface area contributed by atoms with E-state index in [0.717, 1.165) is 0 Å². The molecule has 5 nitrogen and oxygen atoms in total. The van der Waals surface area contributed by atoms with E-state index >= 15 is 0 Å². The van der Waals surface area contributed by atoms with Gasteiger partial charge in [-0.3, -0.25) is 9.78 Å². The van der Waals surface area contributed by atoms with Crippen LogP contribution >= 0.6 is 0 Å². The predicted octanol–water partition coefficient (Wildman–Crippen LogP) is 1.72. The van der Waals surface area contributed by atoms with Gasteiger partial charge in [0.1, 0.15) is 0 Å². The molecule has 5 heteroatoms. The molecule has 1 fully saturated rings. The molecule has 1 aromatic carbocycles. The molecule has 4 N–H and O–H groups in total. The topological polar surface area (TPSA) is 83.8 Å². The number of aromatic amines is 1. The van der Waals surface area contributed by atoms with E-state index in [1.807, 2.05) is 0 Å². The van der Waals surface area contributed by atoms with Gasteiger partial charge in [-0.05, 0) is 43.9 Å². The van der Waals surface area contributed by atoms with E-state index in [9.17, 15) is 4.79 Å². The summed E-state index contributed by atoms with van der Waals surface area (Å²) in [6.07, 6.45) is 2.50. The second-order valence-corrected chi connectivity index (χ2v) is 4.96. The summed E-state index contributed by atoms with van der Waals surface area (Å²) in [5.41, 5.74) is 6.74. The zero-order valence-electron chi connectivity index (χ0n) is 10.2. The van der Waals surface area contributed by atoms with Crippen molar-refractivity contribution in [3.63, 3.8) is 0 Å². The van der Waals surface area contributed by atoms with Crippen molar-refractivity contribution < 1.29 is 0 Å². The highest BCUT2D eigenvalue weighted by atomic mass is 16.1. The van der Waals surface area contributed by atoms with Crippen molar-refractivity contribution in [3.05, 3.63) is 28.6 Å². The fourth-order valence-electron chi connectivity index (χ4n) is 2.15. The Morgan fingerprint density at radius 2 is 2.28 bits per heavy atom. The molecule has 0 aliphatic heterocycles. The first-order valence-electron chi connectivity index (χ1n) is 6.19. The van der Waals surface area contributed by atoms with Crippen LogP contribution in [0.2, 0.25) is 0 Å². The fraction of sp³-hybridized carbons (Fsp3) is 0.385. The molecule has 2 aromatic rings. The molecule has 0 amide bonds. The van der Waals surface area contributed by atoms with Crippen molar-refractivity contribution in [2.75, 3.05) is 11.1 Å². The van der Waals surface area contributed by atoms with E-state index < -0.39 is 0 Å². The molecule has 0 radical (unpaired) electrons. The normalized spacial score (nSPS) is 16.7. The average Bonchev–Trinajstić information content (AvgIpc) is 3.14. The average molecular weight is 244 g/mol. The molecule has 0 bridgehead atoms. The number of hydrogen-bond donors (Lipinski definition) is 3. The van der Waals surface area contributed by atoms with Crippen LogP contribution in [0.15, 0.2) is 23.0 Å². The lowest BCUT2D eigenvalue weighted by Gasteiger charge is -2.13. The standard InChI is InChI=1S/C13H16N4O/c1-7(8-2-3-8)15-13-16-11-5-4-9(14)6-10(11)12(18)17-13/h4-8H,2-3,14H2,1H3,(H2,15,16,17,18). The van der Waals surface area contributed by atoms with E-state index in [1.54, 1.807) is 18.2 Å². The first kappa shape index (κ1) is 11.1. The largest absolute Gasteiger partial charge is 0.399 e. The van der Waals surface area contributed by atoms with Crippen LogP contribution in [0.25, 0.3) is 10.9 Å². The lowest BCUT2D eigenvalue weighted by molar-refractivity contribution is 0.686. The summed E-state index contributed by atoms with van der Waals surface area (Å²) in [6, 6.07) is 5.52. The zero-order valence-corrected chi connectivity index (χ0v) is 10.2. The maximum atomic E-state index is 11.9. The number of hydrogen-bond acceptors (Lipinski definition) is 4. The number of anilines is 2. The van der Waals surface area contributed by atoms with Gasteiger partial charge in [-0.15, -0.1) is 0 Å². The van der Waals surface area contributed by atoms with Gasteiger partial charge in [-0.1, -0.05) is 0 Å². The van der Waals surface area contributed by atoms with Crippen molar-refractivity contribution in [1.29, 1.82) is 0 Å². The molecule has 0 spiro atoms. The summed E-state index contributed by atoms with van der Waals surface area (Å²) >= 11 is 0. The summed E-state index contributed by atoms with van der Waals surface area (Å²) in [6.45, 7) is 2.12. The van der Waals surface area contributed by atoms with Crippen LogP contribution in [0, 0.1) is 5.92 Å². The molecule has 94 valence electrons. The Hall–Kier alpha value is -2.04. The van der Waals surface area contributed by atoms with E-state index in [-0.39, 0.29) is 5.56 Å². The molecular weight excluding hydrogens is 228 g/mol. The minimum Gasteiger partial charge on any atom is -0.399 e. The predicted molar refractivity (Wildman–Crippen MR) is 72.6 cm³/mol. The number of nitrogens with one attached hydrogen (secondary N) is 2. The van der Waals surface area contributed by atoms with E-state index in [4.69, 9.17) is 5.73 Å². The SMILES string of the molecule is CC(Nc1nc2ccc(N)cc2c(=O)[nH]1)C1CC1. The number of benzene rings is 1. The first-order chi connectivity index (χ1) is 8.63. The molecule has 1 aliphatic carbocycles. The summed E-state index contributed by atoms with van der Waals surface area (Å²) in [5, 5.41) is 3.78. The quantitative estimate of drug-likeness (QED) is 0.718. The fourth-order valence-corrected chi connectivity index (χ4v) is 2.15. The smallest absolute Gasteiger partial charge is 0.260 e. The summed E-state index contributed by atoms with van der Waals surface area (Å²) < 4.78 is 0. The zero-order chi connectivity index (χ0) is 12.7. The number of nitrogens with zero attached hydrogens (tertiary/aromatic N) is 1. The van der Waals surface area contributed by atoms with Gasteiger partial charge in [0, 0.05) is 11.7 Å². The van der Waals surface area contributed by atoms with Crippen LogP contribution in [0.5, 0.6) is 0 Å². The van der Waals surface area contributed by atoms with Crippen LogP contribution in [0.4, 0.5) is 11.6 Å². The van der Waals surface area contributed by atoms with E-state index in [0.29, 0.717) is 34.5 Å². The van der Waals surface area contributed by atoms with Crippen molar-refractivity contribution in [2.24, 2.45) is 5.92 Å². The molecule has 1 atom stereocenters. The molecular formula is C13H16N4O. The van der Waals surface area contributed by atoms with Gasteiger partial charge in [0.25, 0.3) is 5.56 Å². The van der Waals surface area contributed by atoms with Crippen LogP contribution < -0.4 is 16.6 Å². The summed E-state index contributed by atoms with van der Waals surface area (Å²) in [7, 11) is 0. The minimum absolute atomic E-state index is 0.155. The molecule has 1 aliphatic rings. The van der Waals surface area contributed by atoms with Crippen molar-refractivity contribution in [1.82, 2.24) is 9.97 Å². The summed E-state index contributed by atoms with van der Waals surface area (Å²) in [4.78, 5) is 19.1. The third-order valence-corrected chi connectivity index (χ3v) is 3.42. The third-order valence-electron chi connectivity index (χ3n) is 3.42. The van der Waals surface area contributed by atoms with Crippen LogP contribution in [0.3, 0.4) is 0 Å². The Balaban J connectivity index is 1.98. The number of fused-ring (bicyclic) bond motifs is 1. The van der Waals surface area contributed by atoms with Gasteiger partial charge >= 0.3 is 0 Å². The number of H-pyrrole nitrogens is 1. The lowest BCUT2D eigenvalue weighted by Crippen LogP contribution is -2.22. The van der Waals surface area contributed by atoms with Crippen LogP contribution in [-0.2, 0) is 0 Å². The van der Waals surface area contributed by atoms with Gasteiger partial charge < -0.3 is 11.1 Å². The van der Waals surface area contributed by atoms with Crippen LogP contribution in [-0.4, -0.2) is 16.0 Å². The molecule has 18 heavy (non-hydrogen) atoms. The maximum absolute atomic E-state index is 11.9. The van der Waals surface area contributed by atoms with Gasteiger partial charge in [0.05, 0.1) is 10.9 Å². The maximum Gasteiger partial charge on any atom is 0.260 e. The minimum atomic E-state index is -0.155. The molecule has 1 aromatic heterocycles. The Kier molecular flexibility index (Phi) is 2.47. The number of aromatic nitrogens is 2. The lowest BCUT2D eigenvalue weighted by atomic mass is 10.2. The second kappa shape index (κ2) is 4.01. The molecule has 1 unspecified atom stereocenters. The van der Waals surface area contributed by atoms with Gasteiger partial charge in [0.2, 0.25) is 5.95 Å². The Labute approximate surface area is 104 Å².